The van der Waals surface area contributed by atoms with Crippen LogP contribution in [0.4, 0.5) is 10.1 Å². The van der Waals surface area contributed by atoms with Crippen LogP contribution < -0.4 is 10.6 Å². The van der Waals surface area contributed by atoms with E-state index in [0.29, 0.717) is 53.2 Å². The molecule has 0 spiro atoms. The van der Waals surface area contributed by atoms with Crippen LogP contribution in [0.2, 0.25) is 0 Å². The molecule has 0 bridgehead atoms. The summed E-state index contributed by atoms with van der Waals surface area (Å²) in [5.41, 5.74) is 4.92. The molecule has 32 heavy (non-hydrogen) atoms. The maximum atomic E-state index is 14.5. The van der Waals surface area contributed by atoms with Gasteiger partial charge in [0.1, 0.15) is 11.6 Å². The number of carbonyl (C=O) groups excluding carboxylic acids is 2. The maximum absolute atomic E-state index is 14.5. The first-order valence-electron chi connectivity index (χ1n) is 10.2. The third-order valence-corrected chi connectivity index (χ3v) is 5.62. The molecule has 0 aliphatic rings. The van der Waals surface area contributed by atoms with Crippen molar-refractivity contribution in [1.82, 2.24) is 19.9 Å². The first-order chi connectivity index (χ1) is 15.5. The Morgan fingerprint density at radius 1 is 1.22 bits per heavy atom. The summed E-state index contributed by atoms with van der Waals surface area (Å²) in [7, 11) is 0. The number of anilines is 1. The Morgan fingerprint density at radius 2 is 2.03 bits per heavy atom. The van der Waals surface area contributed by atoms with Gasteiger partial charge in [0, 0.05) is 37.5 Å². The number of rotatable bonds is 7. The lowest BCUT2D eigenvalue weighted by Crippen LogP contribution is -2.26. The molecule has 2 aromatic carbocycles. The van der Waals surface area contributed by atoms with Gasteiger partial charge in [-0.15, -0.1) is 11.3 Å². The van der Waals surface area contributed by atoms with Crippen molar-refractivity contribution in [3.05, 3.63) is 64.4 Å². The molecule has 4 rings (SSSR count). The number of aromatic nitrogens is 3. The fourth-order valence-electron chi connectivity index (χ4n) is 3.63. The quantitative estimate of drug-likeness (QED) is 0.440. The Labute approximate surface area is 188 Å². The average molecular weight is 452 g/mol. The standard InChI is InChI=1S/C23H22FN5O2S/c1-3-29-21-18(23(31)25-9-8-15-12-32-13-26-15)10-16(27-14(2)30)11-20(21)28-22(29)17-6-4-5-7-19(17)24/h4-7,10-13H,3,8-9H2,1-2H3,(H,25,31)(H,27,30). The minimum absolute atomic E-state index is 0.261. The third-order valence-electron chi connectivity index (χ3n) is 4.99. The van der Waals surface area contributed by atoms with Crippen LogP contribution in [0.5, 0.6) is 0 Å². The summed E-state index contributed by atoms with van der Waals surface area (Å²) in [5.74, 6) is -0.526. The van der Waals surface area contributed by atoms with E-state index >= 15 is 0 Å². The van der Waals surface area contributed by atoms with E-state index < -0.39 is 5.82 Å². The number of amides is 2. The van der Waals surface area contributed by atoms with E-state index in [9.17, 15) is 14.0 Å². The van der Waals surface area contributed by atoms with Crippen molar-refractivity contribution in [2.75, 3.05) is 11.9 Å². The van der Waals surface area contributed by atoms with Crippen LogP contribution in [0.3, 0.4) is 0 Å². The van der Waals surface area contributed by atoms with E-state index in [1.54, 1.807) is 35.8 Å². The van der Waals surface area contributed by atoms with Crippen molar-refractivity contribution >= 4 is 39.9 Å². The minimum atomic E-state index is -0.395. The van der Waals surface area contributed by atoms with E-state index in [0.717, 1.165) is 5.69 Å². The fourth-order valence-corrected chi connectivity index (χ4v) is 4.23. The predicted octanol–water partition coefficient (Wildman–Crippen LogP) is 4.25. The minimum Gasteiger partial charge on any atom is -0.352 e. The molecule has 0 saturated carbocycles. The van der Waals surface area contributed by atoms with Crippen molar-refractivity contribution < 1.29 is 14.0 Å². The van der Waals surface area contributed by atoms with E-state index in [2.05, 4.69) is 20.6 Å². The van der Waals surface area contributed by atoms with Crippen molar-refractivity contribution in [2.45, 2.75) is 26.8 Å². The molecule has 2 heterocycles. The summed E-state index contributed by atoms with van der Waals surface area (Å²) in [6.45, 7) is 4.21. The number of nitrogens with zero attached hydrogens (tertiary/aromatic N) is 3. The van der Waals surface area contributed by atoms with Gasteiger partial charge in [0.2, 0.25) is 5.91 Å². The van der Waals surface area contributed by atoms with Crippen LogP contribution in [0, 0.1) is 5.82 Å². The largest absolute Gasteiger partial charge is 0.352 e. The fraction of sp³-hybridized carbons (Fsp3) is 0.217. The summed E-state index contributed by atoms with van der Waals surface area (Å²) in [6, 6.07) is 9.72. The Morgan fingerprint density at radius 3 is 2.72 bits per heavy atom. The lowest BCUT2D eigenvalue weighted by Gasteiger charge is -2.12. The number of hydrogen-bond donors (Lipinski definition) is 2. The number of carbonyl (C=O) groups is 2. The number of thiazole rings is 1. The second-order valence-electron chi connectivity index (χ2n) is 7.22. The second-order valence-corrected chi connectivity index (χ2v) is 7.94. The molecular formula is C23H22FN5O2S. The zero-order valence-corrected chi connectivity index (χ0v) is 18.5. The molecule has 7 nitrogen and oxygen atoms in total. The van der Waals surface area contributed by atoms with Gasteiger partial charge < -0.3 is 15.2 Å². The molecular weight excluding hydrogens is 429 g/mol. The molecule has 0 fully saturated rings. The van der Waals surface area contributed by atoms with E-state index in [-0.39, 0.29) is 11.8 Å². The molecule has 2 N–H and O–H groups in total. The predicted molar refractivity (Wildman–Crippen MR) is 123 cm³/mol. The van der Waals surface area contributed by atoms with E-state index in [1.807, 2.05) is 16.9 Å². The maximum Gasteiger partial charge on any atom is 0.253 e. The number of benzene rings is 2. The van der Waals surface area contributed by atoms with E-state index in [4.69, 9.17) is 0 Å². The van der Waals surface area contributed by atoms with Crippen LogP contribution in [0.25, 0.3) is 22.4 Å². The normalized spacial score (nSPS) is 11.0. The zero-order chi connectivity index (χ0) is 22.7. The smallest absolute Gasteiger partial charge is 0.253 e. The SMILES string of the molecule is CCn1c(-c2ccccc2F)nc2cc(NC(C)=O)cc(C(=O)NCCc3cscn3)c21. The second kappa shape index (κ2) is 9.27. The lowest BCUT2D eigenvalue weighted by atomic mass is 10.1. The highest BCUT2D eigenvalue weighted by atomic mass is 32.1. The first kappa shape index (κ1) is 21.6. The van der Waals surface area contributed by atoms with Gasteiger partial charge in [-0.3, -0.25) is 9.59 Å². The molecule has 0 saturated heterocycles. The summed E-state index contributed by atoms with van der Waals surface area (Å²) in [4.78, 5) is 33.6. The molecule has 0 atom stereocenters. The topological polar surface area (TPSA) is 88.9 Å². The number of fused-ring (bicyclic) bond motifs is 1. The van der Waals surface area contributed by atoms with E-state index in [1.165, 1.54) is 24.3 Å². The Hall–Kier alpha value is -3.59. The van der Waals surface area contributed by atoms with Gasteiger partial charge in [-0.2, -0.15) is 0 Å². The molecule has 0 radical (unpaired) electrons. The summed E-state index contributed by atoms with van der Waals surface area (Å²) < 4.78 is 16.4. The highest BCUT2D eigenvalue weighted by molar-refractivity contribution is 7.07. The van der Waals surface area contributed by atoms with Crippen LogP contribution in [-0.2, 0) is 17.8 Å². The van der Waals surface area contributed by atoms with Gasteiger partial charge in [-0.05, 0) is 31.2 Å². The van der Waals surface area contributed by atoms with Crippen molar-refractivity contribution in [3.8, 4) is 11.4 Å². The summed E-state index contributed by atoms with van der Waals surface area (Å²) >= 11 is 1.50. The molecule has 2 amide bonds. The molecule has 0 aliphatic heterocycles. The Kier molecular flexibility index (Phi) is 6.27. The third kappa shape index (κ3) is 4.38. The number of hydrogen-bond acceptors (Lipinski definition) is 5. The van der Waals surface area contributed by atoms with Crippen molar-refractivity contribution in [3.63, 3.8) is 0 Å². The summed E-state index contributed by atoms with van der Waals surface area (Å²) in [6.07, 6.45) is 0.608. The number of halogens is 1. The van der Waals surface area contributed by atoms with Gasteiger partial charge in [-0.1, -0.05) is 12.1 Å². The molecule has 164 valence electrons. The molecule has 0 unspecified atom stereocenters. The van der Waals surface area contributed by atoms with Gasteiger partial charge >= 0.3 is 0 Å². The Balaban J connectivity index is 1.79. The Bertz CT molecular complexity index is 1280. The molecule has 4 aromatic rings. The van der Waals surface area contributed by atoms with Crippen LogP contribution >= 0.6 is 11.3 Å². The summed E-state index contributed by atoms with van der Waals surface area (Å²) in [5, 5.41) is 7.58. The van der Waals surface area contributed by atoms with Crippen molar-refractivity contribution in [1.29, 1.82) is 0 Å². The zero-order valence-electron chi connectivity index (χ0n) is 17.7. The van der Waals surface area contributed by atoms with Crippen LogP contribution in [0.1, 0.15) is 29.9 Å². The monoisotopic (exact) mass is 451 g/mol. The van der Waals surface area contributed by atoms with Crippen LogP contribution in [0.15, 0.2) is 47.3 Å². The van der Waals surface area contributed by atoms with Gasteiger partial charge in [-0.25, -0.2) is 14.4 Å². The number of aryl methyl sites for hydroxylation is 1. The number of nitrogens with one attached hydrogen (secondary N) is 2. The van der Waals surface area contributed by atoms with Crippen LogP contribution in [-0.4, -0.2) is 32.9 Å². The van der Waals surface area contributed by atoms with Gasteiger partial charge in [0.25, 0.3) is 5.91 Å². The van der Waals surface area contributed by atoms with Gasteiger partial charge in [0.05, 0.1) is 33.4 Å². The first-order valence-corrected chi connectivity index (χ1v) is 11.1. The van der Waals surface area contributed by atoms with Crippen molar-refractivity contribution in [2.24, 2.45) is 0 Å². The molecule has 0 aliphatic carbocycles. The average Bonchev–Trinajstić information content (AvgIpc) is 3.40. The molecule has 9 heteroatoms. The lowest BCUT2D eigenvalue weighted by molar-refractivity contribution is -0.114. The highest BCUT2D eigenvalue weighted by Gasteiger charge is 2.21. The molecule has 2 aromatic heterocycles. The highest BCUT2D eigenvalue weighted by Crippen LogP contribution is 2.31. The number of imidazole rings is 1. The van der Waals surface area contributed by atoms with Gasteiger partial charge in [0.15, 0.2) is 0 Å².